The van der Waals surface area contributed by atoms with Gasteiger partial charge in [0.15, 0.2) is 5.13 Å². The van der Waals surface area contributed by atoms with Gasteiger partial charge in [0.1, 0.15) is 5.82 Å². The first-order valence-corrected chi connectivity index (χ1v) is 12.2. The van der Waals surface area contributed by atoms with Crippen molar-refractivity contribution in [3.63, 3.8) is 0 Å². The maximum Gasteiger partial charge on any atom is 0.188 e. The van der Waals surface area contributed by atoms with Crippen LogP contribution in [0.1, 0.15) is 60.2 Å². The first-order chi connectivity index (χ1) is 14.6. The van der Waals surface area contributed by atoms with Gasteiger partial charge in [-0.1, -0.05) is 20.3 Å². The largest absolute Gasteiger partial charge is 0.316 e. The van der Waals surface area contributed by atoms with Crippen LogP contribution < -0.4 is 5.32 Å². The summed E-state index contributed by atoms with van der Waals surface area (Å²) in [5.41, 5.74) is 1.73. The Morgan fingerprint density at radius 1 is 1.27 bits per heavy atom. The molecule has 0 aliphatic carbocycles. The quantitative estimate of drug-likeness (QED) is 0.481. The van der Waals surface area contributed by atoms with E-state index in [4.69, 9.17) is 10.2 Å². The van der Waals surface area contributed by atoms with Gasteiger partial charge in [-0.25, -0.2) is 9.97 Å². The van der Waals surface area contributed by atoms with Crippen molar-refractivity contribution >= 4 is 33.6 Å². The minimum Gasteiger partial charge on any atom is -0.316 e. The molecule has 3 aromatic rings. The normalized spacial score (nSPS) is 17.2. The molecule has 1 saturated heterocycles. The van der Waals surface area contributed by atoms with Crippen LogP contribution in [0.15, 0.2) is 35.8 Å². The van der Waals surface area contributed by atoms with Crippen molar-refractivity contribution in [1.82, 2.24) is 14.9 Å². The van der Waals surface area contributed by atoms with Gasteiger partial charge in [-0.15, -0.1) is 22.7 Å². The zero-order chi connectivity index (χ0) is 20.9. The number of thiophene rings is 1. The van der Waals surface area contributed by atoms with Gasteiger partial charge in [0.05, 0.1) is 23.4 Å². The van der Waals surface area contributed by atoms with E-state index in [1.165, 1.54) is 22.6 Å². The maximum atomic E-state index is 9.07. The molecule has 1 N–H and O–H groups in total. The number of pyridine rings is 1. The van der Waals surface area contributed by atoms with Gasteiger partial charge in [-0.2, -0.15) is 5.26 Å². The van der Waals surface area contributed by atoms with Crippen LogP contribution in [0.4, 0.5) is 10.9 Å². The second kappa shape index (κ2) is 9.69. The summed E-state index contributed by atoms with van der Waals surface area (Å²) in [6, 6.07) is 10.6. The fourth-order valence-corrected chi connectivity index (χ4v) is 5.93. The zero-order valence-electron chi connectivity index (χ0n) is 17.5. The summed E-state index contributed by atoms with van der Waals surface area (Å²) in [5, 5.41) is 15.3. The molecule has 0 aromatic carbocycles. The number of thiazole rings is 1. The molecule has 0 amide bonds. The van der Waals surface area contributed by atoms with Crippen LogP contribution in [-0.2, 0) is 13.0 Å². The summed E-state index contributed by atoms with van der Waals surface area (Å²) in [4.78, 5) is 14.7. The number of nitrogens with zero attached hydrogens (tertiary/aromatic N) is 4. The first kappa shape index (κ1) is 21.0. The Bertz CT molecular complexity index is 1020. The third-order valence-electron chi connectivity index (χ3n) is 5.29. The number of anilines is 2. The van der Waals surface area contributed by atoms with E-state index < -0.39 is 0 Å². The topological polar surface area (TPSA) is 64.8 Å². The minimum absolute atomic E-state index is 0.361. The molecule has 1 unspecified atom stereocenters. The Labute approximate surface area is 186 Å². The predicted molar refractivity (Wildman–Crippen MR) is 124 cm³/mol. The molecule has 1 fully saturated rings. The van der Waals surface area contributed by atoms with Gasteiger partial charge in [-0.3, -0.25) is 4.90 Å². The molecule has 156 valence electrons. The third kappa shape index (κ3) is 5.25. The van der Waals surface area contributed by atoms with E-state index in [2.05, 4.69) is 52.6 Å². The number of nitrogens with one attached hydrogen (secondary N) is 1. The van der Waals surface area contributed by atoms with Crippen molar-refractivity contribution in [3.8, 4) is 6.07 Å². The van der Waals surface area contributed by atoms with Gasteiger partial charge < -0.3 is 5.32 Å². The number of piperidine rings is 1. The number of nitriles is 1. The molecule has 0 radical (unpaired) electrons. The molecule has 30 heavy (non-hydrogen) atoms. The molecule has 3 aromatic heterocycles. The lowest BCUT2D eigenvalue weighted by molar-refractivity contribution is 0.139. The summed E-state index contributed by atoms with van der Waals surface area (Å²) in [6.07, 6.45) is 6.45. The Kier molecular flexibility index (Phi) is 6.78. The molecule has 1 aliphatic heterocycles. The van der Waals surface area contributed by atoms with Gasteiger partial charge in [0, 0.05) is 27.9 Å². The molecule has 1 aliphatic rings. The highest BCUT2D eigenvalue weighted by atomic mass is 32.1. The fraction of sp³-hybridized carbons (Fsp3) is 0.435. The summed E-state index contributed by atoms with van der Waals surface area (Å²) >= 11 is 3.56. The van der Waals surface area contributed by atoms with Crippen LogP contribution >= 0.6 is 22.7 Å². The van der Waals surface area contributed by atoms with Crippen molar-refractivity contribution in [2.45, 2.75) is 52.1 Å². The predicted octanol–water partition coefficient (Wildman–Crippen LogP) is 6.14. The van der Waals surface area contributed by atoms with Crippen molar-refractivity contribution in [2.75, 3.05) is 11.9 Å². The maximum absolute atomic E-state index is 9.07. The van der Waals surface area contributed by atoms with Gasteiger partial charge in [0.25, 0.3) is 0 Å². The Hall–Kier alpha value is -2.27. The monoisotopic (exact) mass is 437 g/mol. The van der Waals surface area contributed by atoms with E-state index in [1.807, 2.05) is 11.3 Å². The Balaban J connectivity index is 1.45. The molecule has 4 heterocycles. The van der Waals surface area contributed by atoms with Crippen LogP contribution in [0.5, 0.6) is 0 Å². The number of rotatable bonds is 7. The average molecular weight is 438 g/mol. The Morgan fingerprint density at radius 3 is 2.97 bits per heavy atom. The summed E-state index contributed by atoms with van der Waals surface area (Å²) in [6.45, 7) is 6.67. The van der Waals surface area contributed by atoms with E-state index in [1.54, 1.807) is 29.7 Å². The molecule has 5 nitrogen and oxygen atoms in total. The molecular formula is C23H27N5S2. The number of likely N-dealkylation sites (tertiary alicyclic amines) is 1. The molecule has 4 rings (SSSR count). The summed E-state index contributed by atoms with van der Waals surface area (Å²) < 4.78 is 0. The summed E-state index contributed by atoms with van der Waals surface area (Å²) in [5.74, 6) is 1.36. The molecule has 7 heteroatoms. The molecule has 1 atom stereocenters. The van der Waals surface area contributed by atoms with E-state index in [0.29, 0.717) is 23.3 Å². The highest BCUT2D eigenvalue weighted by Crippen LogP contribution is 2.35. The lowest BCUT2D eigenvalue weighted by Crippen LogP contribution is -2.32. The van der Waals surface area contributed by atoms with Crippen molar-refractivity contribution in [2.24, 2.45) is 5.92 Å². The zero-order valence-corrected chi connectivity index (χ0v) is 19.1. The molecule has 0 bridgehead atoms. The summed E-state index contributed by atoms with van der Waals surface area (Å²) in [7, 11) is 0. The van der Waals surface area contributed by atoms with E-state index in [0.717, 1.165) is 36.8 Å². The van der Waals surface area contributed by atoms with Crippen molar-refractivity contribution < 1.29 is 0 Å². The minimum atomic E-state index is 0.361. The van der Waals surface area contributed by atoms with E-state index in [9.17, 15) is 0 Å². The van der Waals surface area contributed by atoms with Crippen LogP contribution in [0.3, 0.4) is 0 Å². The second-order valence-corrected chi connectivity index (χ2v) is 10.3. The lowest BCUT2D eigenvalue weighted by atomic mass is 10.00. The number of hydrogen-bond acceptors (Lipinski definition) is 7. The molecule has 0 saturated carbocycles. The molecular weight excluding hydrogens is 410 g/mol. The smallest absolute Gasteiger partial charge is 0.188 e. The highest BCUT2D eigenvalue weighted by molar-refractivity contribution is 7.13. The van der Waals surface area contributed by atoms with Gasteiger partial charge in [0.2, 0.25) is 0 Å². The van der Waals surface area contributed by atoms with Crippen LogP contribution in [0, 0.1) is 17.2 Å². The van der Waals surface area contributed by atoms with Crippen molar-refractivity contribution in [1.29, 1.82) is 5.26 Å². The SMILES string of the molecule is CC(C)Cc1ccc(CN2CCCCC2c2csc(Nc3cc(C#N)ccn3)n2)s1. The lowest BCUT2D eigenvalue weighted by Gasteiger charge is -2.34. The number of hydrogen-bond donors (Lipinski definition) is 1. The van der Waals surface area contributed by atoms with Gasteiger partial charge in [-0.05, 0) is 56.0 Å². The highest BCUT2D eigenvalue weighted by Gasteiger charge is 2.26. The second-order valence-electron chi connectivity index (χ2n) is 8.19. The van der Waals surface area contributed by atoms with Crippen molar-refractivity contribution in [3.05, 3.63) is 56.9 Å². The number of aromatic nitrogens is 2. The van der Waals surface area contributed by atoms with E-state index in [-0.39, 0.29) is 0 Å². The third-order valence-corrected chi connectivity index (χ3v) is 7.15. The van der Waals surface area contributed by atoms with Crippen LogP contribution in [-0.4, -0.2) is 21.4 Å². The van der Waals surface area contributed by atoms with Crippen LogP contribution in [0.25, 0.3) is 0 Å². The fourth-order valence-electron chi connectivity index (χ4n) is 3.91. The van der Waals surface area contributed by atoms with Crippen LogP contribution in [0.2, 0.25) is 0 Å². The Morgan fingerprint density at radius 2 is 2.13 bits per heavy atom. The van der Waals surface area contributed by atoms with Gasteiger partial charge >= 0.3 is 0 Å². The molecule has 0 spiro atoms. The van der Waals surface area contributed by atoms with E-state index >= 15 is 0 Å². The average Bonchev–Trinajstić information content (AvgIpc) is 3.38. The standard InChI is InChI=1S/C23H27N5S2/c1-16(2)11-18-6-7-19(30-18)14-28-10-4-3-5-21(28)20-15-29-23(26-20)27-22-12-17(13-24)8-9-25-22/h6-9,12,15-16,21H,3-5,10-11,14H2,1-2H3,(H,25,26,27). The first-order valence-electron chi connectivity index (χ1n) is 10.5.